The van der Waals surface area contributed by atoms with Gasteiger partial charge in [0.2, 0.25) is 11.6 Å². The number of hydrazine groups is 1. The van der Waals surface area contributed by atoms with E-state index in [2.05, 4.69) is 46.5 Å². The number of thiazole rings is 1. The van der Waals surface area contributed by atoms with Crippen LogP contribution in [0.1, 0.15) is 69.3 Å². The number of rotatable bonds is 6. The minimum Gasteiger partial charge on any atom is -0.462 e. The molecule has 52 heavy (non-hydrogen) atoms. The van der Waals surface area contributed by atoms with Crippen LogP contribution in [0.2, 0.25) is 0 Å². The molecule has 3 aliphatic heterocycles. The number of benzene rings is 1. The summed E-state index contributed by atoms with van der Waals surface area (Å²) in [4.78, 5) is 50.4. The van der Waals surface area contributed by atoms with Crippen molar-refractivity contribution in [1.29, 1.82) is 0 Å². The number of hydrogen-bond acceptors (Lipinski definition) is 11. The smallest absolute Gasteiger partial charge is 0.355 e. The summed E-state index contributed by atoms with van der Waals surface area (Å²) in [5.74, 6) is -1.74. The van der Waals surface area contributed by atoms with Gasteiger partial charge in [-0.05, 0) is 56.5 Å². The Hall–Kier alpha value is -4.21. The summed E-state index contributed by atoms with van der Waals surface area (Å²) in [6.45, 7) is 9.57. The lowest BCUT2D eigenvalue weighted by Crippen LogP contribution is -2.67. The van der Waals surface area contributed by atoms with Gasteiger partial charge >= 0.3 is 5.97 Å². The summed E-state index contributed by atoms with van der Waals surface area (Å²) in [7, 11) is 1.67. The number of aromatic nitrogens is 3. The minimum atomic E-state index is -2.13. The van der Waals surface area contributed by atoms with Gasteiger partial charge in [0, 0.05) is 78.5 Å². The predicted molar refractivity (Wildman–Crippen MR) is 195 cm³/mol. The number of hydrogen-bond donors (Lipinski definition) is 3. The van der Waals surface area contributed by atoms with E-state index in [1.165, 1.54) is 16.3 Å². The Kier molecular flexibility index (Phi) is 9.95. The number of esters is 1. The lowest BCUT2D eigenvalue weighted by atomic mass is 9.84. The maximum atomic E-state index is 14.0. The van der Waals surface area contributed by atoms with Crippen LogP contribution in [0.4, 0.5) is 0 Å². The molecule has 3 N–H and O–H groups in total. The third kappa shape index (κ3) is 6.85. The van der Waals surface area contributed by atoms with Gasteiger partial charge in [-0.1, -0.05) is 19.9 Å². The van der Waals surface area contributed by atoms with E-state index < -0.39 is 35.2 Å². The van der Waals surface area contributed by atoms with Crippen LogP contribution in [0.5, 0.6) is 0 Å². The molecule has 14 heteroatoms. The number of cyclic esters (lactones) is 1. The molecule has 2 amide bonds. The highest BCUT2D eigenvalue weighted by molar-refractivity contribution is 7.10. The number of methoxy groups -OCH3 is 1. The summed E-state index contributed by atoms with van der Waals surface area (Å²) in [5.41, 5.74) is 6.62. The largest absolute Gasteiger partial charge is 0.462 e. The Morgan fingerprint density at radius 3 is 2.81 bits per heavy atom. The van der Waals surface area contributed by atoms with Crippen LogP contribution in [0, 0.1) is 5.41 Å². The van der Waals surface area contributed by atoms with E-state index in [1.54, 1.807) is 13.3 Å². The number of ether oxygens (including phenoxy) is 3. The minimum absolute atomic E-state index is 0.00554. The second kappa shape index (κ2) is 14.3. The standard InChI is InChI=1S/C38H46N6O7S/c1-6-43-29-11-10-23-17-25(29)26(33(43)24-9-7-14-39-32(24)22(2)49-5)19-37(3,4)21-51-36(47)38(48)13-8-15-44(42-38)35(46)27(18-31-40-28(23)20-52-31)41-34(45)30-12-16-50-30/h7,9-11,14,17,20,22,27,30,42,48H,6,8,12-13,15-16,18-19,21H2,1-5H3,(H,41,45)/t22-,27-,30+,38-/m0/s1. The van der Waals surface area contributed by atoms with E-state index in [-0.39, 0.29) is 38.0 Å². The molecule has 0 saturated carbocycles. The summed E-state index contributed by atoms with van der Waals surface area (Å²) in [6, 6.07) is 9.32. The van der Waals surface area contributed by atoms with Crippen LogP contribution in [0.15, 0.2) is 41.9 Å². The van der Waals surface area contributed by atoms with E-state index >= 15 is 0 Å². The van der Waals surface area contributed by atoms with Crippen molar-refractivity contribution in [2.75, 3.05) is 26.9 Å². The number of aryl methyl sites for hydroxylation is 1. The molecule has 3 aliphatic rings. The molecule has 0 aliphatic carbocycles. The van der Waals surface area contributed by atoms with E-state index in [0.717, 1.165) is 44.7 Å². The topological polar surface area (TPSA) is 157 Å². The molecule has 276 valence electrons. The maximum Gasteiger partial charge on any atom is 0.355 e. The molecule has 0 unspecified atom stereocenters. The van der Waals surface area contributed by atoms with Crippen LogP contribution < -0.4 is 10.7 Å². The number of carbonyl (C=O) groups is 3. The van der Waals surface area contributed by atoms with Crippen molar-refractivity contribution >= 4 is 40.0 Å². The van der Waals surface area contributed by atoms with Gasteiger partial charge in [0.25, 0.3) is 5.91 Å². The average molecular weight is 731 g/mol. The maximum absolute atomic E-state index is 14.0. The van der Waals surface area contributed by atoms with Crippen molar-refractivity contribution in [2.24, 2.45) is 5.41 Å². The normalized spacial score (nSPS) is 24.2. The molecular formula is C38H46N6O7S. The van der Waals surface area contributed by atoms with Gasteiger partial charge in [-0.25, -0.2) is 9.78 Å². The van der Waals surface area contributed by atoms with Gasteiger partial charge in [-0.2, -0.15) is 5.43 Å². The van der Waals surface area contributed by atoms with Crippen molar-refractivity contribution < 1.29 is 33.7 Å². The zero-order valence-electron chi connectivity index (χ0n) is 30.2. The summed E-state index contributed by atoms with van der Waals surface area (Å²) < 4.78 is 19.3. The van der Waals surface area contributed by atoms with Gasteiger partial charge in [0.15, 0.2) is 0 Å². The summed E-state index contributed by atoms with van der Waals surface area (Å²) in [6.07, 6.45) is 2.50. The molecule has 7 rings (SSSR count). The Bertz CT molecular complexity index is 2000. The fourth-order valence-corrected chi connectivity index (χ4v) is 8.16. The fraction of sp³-hybridized carbons (Fsp3) is 0.500. The van der Waals surface area contributed by atoms with Crippen molar-refractivity contribution in [3.05, 3.63) is 58.2 Å². The zero-order chi connectivity index (χ0) is 36.8. The molecule has 2 saturated heterocycles. The molecule has 6 bridgehead atoms. The lowest BCUT2D eigenvalue weighted by Gasteiger charge is -2.40. The SMILES string of the molecule is CCn1c(-c2cccnc2[C@H](C)OC)c2c3cc(ccc31)-c1csc(n1)C[C@H](NC(=O)[C@H]1CCO1)C(=O)N1CCC[C@@](O)(N1)C(=O)OCC(C)(C)C2. The number of fused-ring (bicyclic) bond motifs is 6. The zero-order valence-corrected chi connectivity index (χ0v) is 31.0. The van der Waals surface area contributed by atoms with Gasteiger partial charge in [-0.3, -0.25) is 19.6 Å². The van der Waals surface area contributed by atoms with E-state index in [0.29, 0.717) is 37.4 Å². The van der Waals surface area contributed by atoms with Crippen LogP contribution >= 0.6 is 11.3 Å². The van der Waals surface area contributed by atoms with Crippen molar-refractivity contribution in [3.8, 4) is 22.5 Å². The first kappa shape index (κ1) is 36.2. The highest BCUT2D eigenvalue weighted by atomic mass is 32.1. The first-order valence-electron chi connectivity index (χ1n) is 17.9. The number of carbonyl (C=O) groups excluding carboxylic acids is 3. The predicted octanol–water partition coefficient (Wildman–Crippen LogP) is 4.31. The fourth-order valence-electron chi connectivity index (χ4n) is 7.31. The molecule has 4 aromatic rings. The number of nitrogens with zero attached hydrogens (tertiary/aromatic N) is 4. The molecule has 1 aromatic carbocycles. The Balaban J connectivity index is 1.37. The molecular weight excluding hydrogens is 685 g/mol. The molecule has 4 atom stereocenters. The quantitative estimate of drug-likeness (QED) is 0.244. The van der Waals surface area contributed by atoms with Gasteiger partial charge in [-0.15, -0.1) is 11.3 Å². The van der Waals surface area contributed by atoms with E-state index in [1.807, 2.05) is 32.2 Å². The third-order valence-corrected chi connectivity index (χ3v) is 11.1. The number of aliphatic hydroxyl groups is 1. The first-order chi connectivity index (χ1) is 24.9. The highest BCUT2D eigenvalue weighted by Crippen LogP contribution is 2.42. The molecule has 13 nitrogen and oxygen atoms in total. The summed E-state index contributed by atoms with van der Waals surface area (Å²) in [5, 5.41) is 19.3. The molecule has 2 fully saturated rings. The van der Waals surface area contributed by atoms with Gasteiger partial charge in [0.1, 0.15) is 12.1 Å². The second-order valence-corrected chi connectivity index (χ2v) is 15.6. The van der Waals surface area contributed by atoms with Crippen LogP contribution in [0.3, 0.4) is 0 Å². The number of nitrogens with one attached hydrogen (secondary N) is 2. The van der Waals surface area contributed by atoms with E-state index in [9.17, 15) is 19.5 Å². The van der Waals surface area contributed by atoms with Crippen LogP contribution in [-0.2, 0) is 48.0 Å². The molecule has 3 aromatic heterocycles. The Morgan fingerprint density at radius 1 is 1.27 bits per heavy atom. The molecule has 0 spiro atoms. The van der Waals surface area contributed by atoms with Crippen molar-refractivity contribution in [2.45, 2.75) is 90.3 Å². The van der Waals surface area contributed by atoms with Crippen LogP contribution in [-0.4, -0.2) is 87.2 Å². The van der Waals surface area contributed by atoms with Gasteiger partial charge < -0.3 is 29.2 Å². The second-order valence-electron chi connectivity index (χ2n) is 14.6. The monoisotopic (exact) mass is 730 g/mol. The Morgan fingerprint density at radius 2 is 2.08 bits per heavy atom. The first-order valence-corrected chi connectivity index (χ1v) is 18.8. The van der Waals surface area contributed by atoms with Crippen molar-refractivity contribution in [1.82, 2.24) is 30.3 Å². The average Bonchev–Trinajstić information content (AvgIpc) is 3.70. The molecule has 6 heterocycles. The van der Waals surface area contributed by atoms with Gasteiger partial charge in [0.05, 0.1) is 41.4 Å². The number of amides is 2. The van der Waals surface area contributed by atoms with Crippen LogP contribution in [0.25, 0.3) is 33.4 Å². The Labute approximate surface area is 306 Å². The lowest BCUT2D eigenvalue weighted by molar-refractivity contribution is -0.189. The van der Waals surface area contributed by atoms with E-state index in [4.69, 9.17) is 24.2 Å². The third-order valence-electron chi connectivity index (χ3n) is 10.2. The summed E-state index contributed by atoms with van der Waals surface area (Å²) >= 11 is 1.41. The number of pyridine rings is 1. The highest BCUT2D eigenvalue weighted by Gasteiger charge is 2.45. The van der Waals surface area contributed by atoms with Crippen molar-refractivity contribution in [3.63, 3.8) is 0 Å². The molecule has 0 radical (unpaired) electrons.